The predicted molar refractivity (Wildman–Crippen MR) is 110 cm³/mol. The number of thiol groups is 1. The molecule has 29 heavy (non-hydrogen) atoms. The Morgan fingerprint density at radius 1 is 1.03 bits per heavy atom. The number of fused-ring (bicyclic) bond motifs is 6. The van der Waals surface area contributed by atoms with E-state index >= 15 is 0 Å². The van der Waals surface area contributed by atoms with Gasteiger partial charge in [-0.1, -0.05) is 0 Å². The Bertz CT molecular complexity index is 1030. The molecule has 2 aromatic carbocycles. The van der Waals surface area contributed by atoms with Crippen LogP contribution in [-0.4, -0.2) is 23.2 Å². The standard InChI is InChI=1S/C21H19F2N3O2S/c22-14-3-4-17-19(9-14)28-6-2-1-5-27-16-8-13(12-29)7-15(10-16)25-21-24-11-18(23)20(17)26-21/h3-4,7-11,29H,1-2,5-6,12H2,(H,24,25,26). The molecular formula is C21H19F2N3O2S. The van der Waals surface area contributed by atoms with Gasteiger partial charge in [-0.25, -0.2) is 18.7 Å². The van der Waals surface area contributed by atoms with E-state index in [4.69, 9.17) is 9.47 Å². The molecular weight excluding hydrogens is 396 g/mol. The maximum Gasteiger partial charge on any atom is 0.227 e. The van der Waals surface area contributed by atoms with Crippen molar-refractivity contribution in [3.05, 3.63) is 59.8 Å². The molecule has 1 aromatic heterocycles. The number of anilines is 2. The molecule has 8 heteroatoms. The summed E-state index contributed by atoms with van der Waals surface area (Å²) in [5.74, 6) is 0.588. The zero-order valence-electron chi connectivity index (χ0n) is 15.5. The SMILES string of the molecule is Fc1ccc2c(c1)OCCCCOc1cc(CS)cc(c1)Nc1ncc(F)c-2n1. The number of rotatable bonds is 1. The van der Waals surface area contributed by atoms with Crippen LogP contribution in [-0.2, 0) is 5.75 Å². The molecule has 0 amide bonds. The van der Waals surface area contributed by atoms with E-state index in [1.165, 1.54) is 18.2 Å². The topological polar surface area (TPSA) is 56.3 Å². The van der Waals surface area contributed by atoms with Crippen LogP contribution in [0.1, 0.15) is 18.4 Å². The van der Waals surface area contributed by atoms with Crippen LogP contribution in [0.15, 0.2) is 42.6 Å². The van der Waals surface area contributed by atoms with Crippen LogP contribution in [0.5, 0.6) is 11.5 Å². The van der Waals surface area contributed by atoms with Gasteiger partial charge in [-0.2, -0.15) is 12.6 Å². The van der Waals surface area contributed by atoms with E-state index in [0.29, 0.717) is 42.4 Å². The summed E-state index contributed by atoms with van der Waals surface area (Å²) in [5.41, 5.74) is 2.07. The number of hydrogen-bond donors (Lipinski definition) is 2. The molecule has 0 radical (unpaired) electrons. The molecule has 4 rings (SSSR count). The van der Waals surface area contributed by atoms with E-state index in [2.05, 4.69) is 27.9 Å². The summed E-state index contributed by atoms with van der Waals surface area (Å²) in [4.78, 5) is 8.33. The van der Waals surface area contributed by atoms with Crippen molar-refractivity contribution in [2.45, 2.75) is 18.6 Å². The van der Waals surface area contributed by atoms with Crippen molar-refractivity contribution in [2.75, 3.05) is 18.5 Å². The number of nitrogens with zero attached hydrogens (tertiary/aromatic N) is 2. The fraction of sp³-hybridized carbons (Fsp3) is 0.238. The summed E-state index contributed by atoms with van der Waals surface area (Å²) < 4.78 is 39.8. The Balaban J connectivity index is 1.79. The maximum atomic E-state index is 14.5. The molecule has 0 saturated heterocycles. The summed E-state index contributed by atoms with van der Waals surface area (Å²) >= 11 is 4.34. The molecule has 1 N–H and O–H groups in total. The van der Waals surface area contributed by atoms with Crippen LogP contribution in [0.4, 0.5) is 20.4 Å². The highest BCUT2D eigenvalue weighted by atomic mass is 32.1. The van der Waals surface area contributed by atoms with E-state index in [1.807, 2.05) is 18.2 Å². The molecule has 0 spiro atoms. The summed E-state index contributed by atoms with van der Waals surface area (Å²) in [5, 5.41) is 3.08. The predicted octanol–water partition coefficient (Wildman–Crippen LogP) is 5.15. The molecule has 0 aliphatic carbocycles. The minimum atomic E-state index is -0.621. The Morgan fingerprint density at radius 2 is 1.86 bits per heavy atom. The first-order valence-corrected chi connectivity index (χ1v) is 9.85. The second kappa shape index (κ2) is 8.65. The van der Waals surface area contributed by atoms with Gasteiger partial charge < -0.3 is 14.8 Å². The first-order chi connectivity index (χ1) is 14.1. The molecule has 5 nitrogen and oxygen atoms in total. The van der Waals surface area contributed by atoms with Crippen molar-refractivity contribution in [3.63, 3.8) is 0 Å². The van der Waals surface area contributed by atoms with Crippen molar-refractivity contribution in [2.24, 2.45) is 0 Å². The smallest absolute Gasteiger partial charge is 0.227 e. The van der Waals surface area contributed by atoms with Gasteiger partial charge in [0.25, 0.3) is 0 Å². The third kappa shape index (κ3) is 4.59. The van der Waals surface area contributed by atoms with Crippen molar-refractivity contribution in [3.8, 4) is 22.8 Å². The molecule has 0 unspecified atom stereocenters. The van der Waals surface area contributed by atoms with E-state index in [9.17, 15) is 8.78 Å². The average Bonchev–Trinajstić information content (AvgIpc) is 2.72. The van der Waals surface area contributed by atoms with Gasteiger partial charge in [0.1, 0.15) is 23.0 Å². The van der Waals surface area contributed by atoms with Gasteiger partial charge in [-0.3, -0.25) is 0 Å². The Morgan fingerprint density at radius 3 is 2.69 bits per heavy atom. The van der Waals surface area contributed by atoms with Crippen LogP contribution in [0, 0.1) is 11.6 Å². The quantitative estimate of drug-likeness (QED) is 0.539. The fourth-order valence-electron chi connectivity index (χ4n) is 3.04. The average molecular weight is 415 g/mol. The van der Waals surface area contributed by atoms with Crippen LogP contribution < -0.4 is 14.8 Å². The summed E-state index contributed by atoms with van der Waals surface area (Å²) in [7, 11) is 0. The normalized spacial score (nSPS) is 13.8. The molecule has 0 fully saturated rings. The maximum absolute atomic E-state index is 14.5. The van der Waals surface area contributed by atoms with Crippen LogP contribution in [0.25, 0.3) is 11.3 Å². The third-order valence-electron chi connectivity index (χ3n) is 4.41. The molecule has 3 aromatic rings. The Labute approximate surface area is 172 Å². The Kier molecular flexibility index (Phi) is 5.80. The lowest BCUT2D eigenvalue weighted by atomic mass is 10.1. The monoisotopic (exact) mass is 415 g/mol. The van der Waals surface area contributed by atoms with Crippen molar-refractivity contribution in [1.82, 2.24) is 9.97 Å². The lowest BCUT2D eigenvalue weighted by molar-refractivity contribution is 0.266. The zero-order valence-corrected chi connectivity index (χ0v) is 16.4. The lowest BCUT2D eigenvalue weighted by Gasteiger charge is -2.13. The minimum Gasteiger partial charge on any atom is -0.494 e. The van der Waals surface area contributed by atoms with Crippen LogP contribution >= 0.6 is 12.6 Å². The largest absolute Gasteiger partial charge is 0.494 e. The van der Waals surface area contributed by atoms with Gasteiger partial charge in [0.15, 0.2) is 5.82 Å². The van der Waals surface area contributed by atoms with E-state index in [0.717, 1.165) is 18.2 Å². The molecule has 0 saturated carbocycles. The number of halogens is 2. The van der Waals surface area contributed by atoms with Crippen molar-refractivity contribution in [1.29, 1.82) is 0 Å². The number of nitrogens with one attached hydrogen (secondary N) is 1. The van der Waals surface area contributed by atoms with Crippen molar-refractivity contribution < 1.29 is 18.3 Å². The summed E-state index contributed by atoms with van der Waals surface area (Å²) in [6.07, 6.45) is 2.53. The molecule has 150 valence electrons. The zero-order chi connectivity index (χ0) is 20.2. The number of aromatic nitrogens is 2. The molecule has 0 atom stereocenters. The highest BCUT2D eigenvalue weighted by Gasteiger charge is 2.16. The van der Waals surface area contributed by atoms with E-state index in [1.54, 1.807) is 0 Å². The van der Waals surface area contributed by atoms with Gasteiger partial charge in [0, 0.05) is 29.1 Å². The Hall–Kier alpha value is -2.87. The van der Waals surface area contributed by atoms with Crippen LogP contribution in [0.3, 0.4) is 0 Å². The second-order valence-electron chi connectivity index (χ2n) is 6.58. The lowest BCUT2D eigenvalue weighted by Crippen LogP contribution is -2.04. The number of hydrogen-bond acceptors (Lipinski definition) is 6. The van der Waals surface area contributed by atoms with Crippen molar-refractivity contribution >= 4 is 24.3 Å². The third-order valence-corrected chi connectivity index (χ3v) is 4.78. The van der Waals surface area contributed by atoms with Crippen LogP contribution in [0.2, 0.25) is 0 Å². The van der Waals surface area contributed by atoms with Gasteiger partial charge in [-0.05, 0) is 42.7 Å². The second-order valence-corrected chi connectivity index (χ2v) is 6.90. The molecule has 1 aliphatic heterocycles. The fourth-order valence-corrected chi connectivity index (χ4v) is 3.22. The highest BCUT2D eigenvalue weighted by molar-refractivity contribution is 7.79. The summed E-state index contributed by atoms with van der Waals surface area (Å²) in [6, 6.07) is 9.60. The van der Waals surface area contributed by atoms with Gasteiger partial charge in [-0.15, -0.1) is 0 Å². The number of ether oxygens (including phenoxy) is 2. The first-order valence-electron chi connectivity index (χ1n) is 9.22. The minimum absolute atomic E-state index is 0.0363. The molecule has 1 aliphatic rings. The summed E-state index contributed by atoms with van der Waals surface area (Å²) in [6.45, 7) is 0.854. The van der Waals surface area contributed by atoms with Gasteiger partial charge >= 0.3 is 0 Å². The number of benzene rings is 2. The van der Waals surface area contributed by atoms with E-state index in [-0.39, 0.29) is 17.4 Å². The van der Waals surface area contributed by atoms with Gasteiger partial charge in [0.05, 0.1) is 19.4 Å². The van der Waals surface area contributed by atoms with E-state index < -0.39 is 11.6 Å². The highest BCUT2D eigenvalue weighted by Crippen LogP contribution is 2.33. The molecule has 2 heterocycles. The van der Waals surface area contributed by atoms with Gasteiger partial charge in [0.2, 0.25) is 5.95 Å². The first kappa shape index (κ1) is 19.4. The molecule has 4 bridgehead atoms.